The highest BCUT2D eigenvalue weighted by Crippen LogP contribution is 2.23. The first-order chi connectivity index (χ1) is 14.0. The molecule has 0 saturated heterocycles. The van der Waals surface area contributed by atoms with E-state index in [1.807, 2.05) is 6.92 Å². The molecular weight excluding hydrogens is 395 g/mol. The van der Waals surface area contributed by atoms with Gasteiger partial charge in [-0.05, 0) is 36.8 Å². The summed E-state index contributed by atoms with van der Waals surface area (Å²) in [6.07, 6.45) is 6.58. The van der Waals surface area contributed by atoms with E-state index in [4.69, 9.17) is 11.6 Å². The molecule has 29 heavy (non-hydrogen) atoms. The molecule has 0 unspecified atom stereocenters. The molecule has 2 N–H and O–H groups in total. The van der Waals surface area contributed by atoms with Crippen LogP contribution in [0.4, 0.5) is 16.3 Å². The molecule has 3 aromatic heterocycles. The minimum Gasteiger partial charge on any atom is -0.331 e. The second-order valence-corrected chi connectivity index (χ2v) is 6.75. The maximum atomic E-state index is 13.4. The van der Waals surface area contributed by atoms with Gasteiger partial charge in [0.05, 0.1) is 16.8 Å². The van der Waals surface area contributed by atoms with E-state index in [-0.39, 0.29) is 16.6 Å². The van der Waals surface area contributed by atoms with Gasteiger partial charge in [-0.25, -0.2) is 19.3 Å². The lowest BCUT2D eigenvalue weighted by atomic mass is 10.1. The third-order valence-electron chi connectivity index (χ3n) is 4.47. The van der Waals surface area contributed by atoms with Crippen molar-refractivity contribution in [2.45, 2.75) is 13.0 Å². The summed E-state index contributed by atoms with van der Waals surface area (Å²) in [6.45, 7) is 1.85. The van der Waals surface area contributed by atoms with Crippen LogP contribution >= 0.6 is 11.6 Å². The molecule has 4 aromatic rings. The number of halogens is 2. The van der Waals surface area contributed by atoms with Gasteiger partial charge < -0.3 is 9.55 Å². The number of pyridine rings is 1. The van der Waals surface area contributed by atoms with Crippen LogP contribution in [0.5, 0.6) is 0 Å². The highest BCUT2D eigenvalue weighted by Gasteiger charge is 2.13. The minimum absolute atomic E-state index is 0.0246. The third kappa shape index (κ3) is 4.02. The van der Waals surface area contributed by atoms with Crippen molar-refractivity contribution in [1.82, 2.24) is 24.5 Å². The fourth-order valence-electron chi connectivity index (χ4n) is 2.92. The van der Waals surface area contributed by atoms with E-state index in [2.05, 4.69) is 25.3 Å². The molecule has 1 aromatic carbocycles. The van der Waals surface area contributed by atoms with Crippen molar-refractivity contribution >= 4 is 23.5 Å². The zero-order valence-corrected chi connectivity index (χ0v) is 16.1. The molecule has 0 amide bonds. The Morgan fingerprint density at radius 1 is 1.17 bits per heavy atom. The Morgan fingerprint density at radius 2 is 2.03 bits per heavy atom. The molecule has 0 aliphatic heterocycles. The molecule has 3 heterocycles. The number of hydrogen-bond acceptors (Lipinski definition) is 5. The van der Waals surface area contributed by atoms with Crippen molar-refractivity contribution in [3.05, 3.63) is 87.9 Å². The molecule has 0 aliphatic carbocycles. The Labute approximate surface area is 170 Å². The number of anilines is 2. The standard InChI is InChI=1S/C20H16ClFN6O/c1-12(13-2-3-16(22)15(21)10-13)28-9-5-14(11-18(28)29)17-4-6-23-20(26-17)27-19-24-7-8-25-19/h2-12H,1H3,(H2,23,24,25,26,27)/t12-/m1/s1. The number of H-pyrrole nitrogens is 1. The smallest absolute Gasteiger partial charge is 0.251 e. The number of benzene rings is 1. The van der Waals surface area contributed by atoms with Gasteiger partial charge in [-0.2, -0.15) is 0 Å². The lowest BCUT2D eigenvalue weighted by molar-refractivity contribution is 0.604. The van der Waals surface area contributed by atoms with E-state index in [9.17, 15) is 9.18 Å². The van der Waals surface area contributed by atoms with Gasteiger partial charge in [-0.3, -0.25) is 10.1 Å². The molecule has 7 nitrogen and oxygen atoms in total. The monoisotopic (exact) mass is 410 g/mol. The van der Waals surface area contributed by atoms with E-state index in [1.165, 1.54) is 18.2 Å². The summed E-state index contributed by atoms with van der Waals surface area (Å²) in [5.41, 5.74) is 1.77. The van der Waals surface area contributed by atoms with Crippen molar-refractivity contribution < 1.29 is 4.39 Å². The van der Waals surface area contributed by atoms with Gasteiger partial charge >= 0.3 is 0 Å². The molecule has 0 fully saturated rings. The van der Waals surface area contributed by atoms with Gasteiger partial charge in [0.15, 0.2) is 0 Å². The van der Waals surface area contributed by atoms with E-state index in [0.717, 1.165) is 5.56 Å². The Kier molecular flexibility index (Phi) is 5.09. The van der Waals surface area contributed by atoms with Gasteiger partial charge in [-0.1, -0.05) is 17.7 Å². The Morgan fingerprint density at radius 3 is 2.76 bits per heavy atom. The lowest BCUT2D eigenvalue weighted by Crippen LogP contribution is -2.22. The second kappa shape index (κ2) is 7.84. The highest BCUT2D eigenvalue weighted by molar-refractivity contribution is 6.30. The summed E-state index contributed by atoms with van der Waals surface area (Å²) in [7, 11) is 0. The predicted octanol–water partition coefficient (Wildman–Crippen LogP) is 4.17. The second-order valence-electron chi connectivity index (χ2n) is 6.34. The number of hydrogen-bond donors (Lipinski definition) is 2. The van der Waals surface area contributed by atoms with Crippen LogP contribution in [0.1, 0.15) is 18.5 Å². The zero-order valence-electron chi connectivity index (χ0n) is 15.3. The Balaban J connectivity index is 1.62. The highest BCUT2D eigenvalue weighted by atomic mass is 35.5. The first-order valence-corrected chi connectivity index (χ1v) is 9.16. The number of rotatable bonds is 5. The van der Waals surface area contributed by atoms with E-state index in [0.29, 0.717) is 23.2 Å². The van der Waals surface area contributed by atoms with Crippen LogP contribution in [0.2, 0.25) is 5.02 Å². The number of aromatic amines is 1. The Bertz CT molecular complexity index is 1210. The van der Waals surface area contributed by atoms with E-state index in [1.54, 1.807) is 47.6 Å². The fraction of sp³-hybridized carbons (Fsp3) is 0.100. The Hall–Kier alpha value is -3.52. The topological polar surface area (TPSA) is 88.5 Å². The van der Waals surface area contributed by atoms with Crippen molar-refractivity contribution in [2.24, 2.45) is 0 Å². The van der Waals surface area contributed by atoms with E-state index >= 15 is 0 Å². The first kappa shape index (κ1) is 18.8. The van der Waals surface area contributed by atoms with Crippen LogP contribution in [-0.4, -0.2) is 24.5 Å². The molecule has 1 atom stereocenters. The summed E-state index contributed by atoms with van der Waals surface area (Å²) >= 11 is 5.87. The van der Waals surface area contributed by atoms with Gasteiger partial charge in [0.25, 0.3) is 5.56 Å². The van der Waals surface area contributed by atoms with Crippen LogP contribution in [0.3, 0.4) is 0 Å². The normalized spacial score (nSPS) is 12.0. The summed E-state index contributed by atoms with van der Waals surface area (Å²) in [5, 5.41) is 2.98. The first-order valence-electron chi connectivity index (χ1n) is 8.78. The molecule has 0 spiro atoms. The summed E-state index contributed by atoms with van der Waals surface area (Å²) in [4.78, 5) is 28.3. The molecule has 0 radical (unpaired) electrons. The number of aromatic nitrogens is 5. The van der Waals surface area contributed by atoms with Crippen molar-refractivity contribution in [3.8, 4) is 11.3 Å². The largest absolute Gasteiger partial charge is 0.331 e. The number of nitrogens with one attached hydrogen (secondary N) is 2. The van der Waals surface area contributed by atoms with Crippen molar-refractivity contribution in [1.29, 1.82) is 0 Å². The summed E-state index contributed by atoms with van der Waals surface area (Å²) < 4.78 is 15.0. The van der Waals surface area contributed by atoms with Gasteiger partial charge in [0.2, 0.25) is 11.9 Å². The molecule has 146 valence electrons. The number of imidazole rings is 1. The minimum atomic E-state index is -0.493. The quantitative estimate of drug-likeness (QED) is 0.515. The lowest BCUT2D eigenvalue weighted by Gasteiger charge is -2.16. The van der Waals surface area contributed by atoms with Gasteiger partial charge in [0, 0.05) is 36.4 Å². The summed E-state index contributed by atoms with van der Waals surface area (Å²) in [6, 6.07) is 9.14. The molecule has 0 saturated carbocycles. The van der Waals surface area contributed by atoms with Gasteiger partial charge in [0.1, 0.15) is 5.82 Å². The average molecular weight is 411 g/mol. The van der Waals surface area contributed by atoms with Crippen LogP contribution in [0.15, 0.2) is 66.0 Å². The molecule has 9 heteroatoms. The average Bonchev–Trinajstić information content (AvgIpc) is 3.23. The zero-order chi connectivity index (χ0) is 20.4. The predicted molar refractivity (Wildman–Crippen MR) is 109 cm³/mol. The van der Waals surface area contributed by atoms with Crippen molar-refractivity contribution in [2.75, 3.05) is 5.32 Å². The fourth-order valence-corrected chi connectivity index (χ4v) is 3.11. The maximum absolute atomic E-state index is 13.4. The van der Waals surface area contributed by atoms with E-state index < -0.39 is 5.82 Å². The molecule has 0 aliphatic rings. The van der Waals surface area contributed by atoms with Crippen LogP contribution in [0.25, 0.3) is 11.3 Å². The van der Waals surface area contributed by atoms with Crippen LogP contribution in [0, 0.1) is 5.82 Å². The maximum Gasteiger partial charge on any atom is 0.251 e. The summed E-state index contributed by atoms with van der Waals surface area (Å²) in [5.74, 6) is 0.383. The SMILES string of the molecule is C[C@H](c1ccc(F)c(Cl)c1)n1ccc(-c2ccnc(Nc3ncc[nH]3)n2)cc1=O. The van der Waals surface area contributed by atoms with Crippen LogP contribution in [-0.2, 0) is 0 Å². The van der Waals surface area contributed by atoms with Crippen molar-refractivity contribution in [3.63, 3.8) is 0 Å². The van der Waals surface area contributed by atoms with Crippen LogP contribution < -0.4 is 10.9 Å². The number of nitrogens with zero attached hydrogens (tertiary/aromatic N) is 4. The molecule has 4 rings (SSSR count). The molecular formula is C20H16ClFN6O. The molecule has 0 bridgehead atoms. The van der Waals surface area contributed by atoms with Gasteiger partial charge in [-0.15, -0.1) is 0 Å². The third-order valence-corrected chi connectivity index (χ3v) is 4.76.